The van der Waals surface area contributed by atoms with Gasteiger partial charge >= 0.3 is 0 Å². The van der Waals surface area contributed by atoms with Gasteiger partial charge in [0.25, 0.3) is 5.91 Å². The molecule has 0 spiro atoms. The number of hydrogen-bond donors (Lipinski definition) is 1. The molecule has 1 aliphatic heterocycles. The van der Waals surface area contributed by atoms with Gasteiger partial charge in [-0.1, -0.05) is 61.4 Å². The largest absolute Gasteiger partial charge is 0.353 e. The predicted octanol–water partition coefficient (Wildman–Crippen LogP) is 4.31. The Labute approximate surface area is 178 Å². The number of nitrogens with one attached hydrogen (secondary N) is 1. The first kappa shape index (κ1) is 19.3. The van der Waals surface area contributed by atoms with Crippen LogP contribution in [-0.4, -0.2) is 35.3 Å². The Bertz CT molecular complexity index is 907. The van der Waals surface area contributed by atoms with Crippen molar-refractivity contribution in [2.75, 3.05) is 6.54 Å². The van der Waals surface area contributed by atoms with E-state index in [9.17, 15) is 9.59 Å². The minimum absolute atomic E-state index is 0.00865. The zero-order valence-corrected chi connectivity index (χ0v) is 17.4. The van der Waals surface area contributed by atoms with E-state index in [1.807, 2.05) is 41.3 Å². The maximum absolute atomic E-state index is 13.4. The van der Waals surface area contributed by atoms with Crippen molar-refractivity contribution in [2.45, 2.75) is 62.4 Å². The van der Waals surface area contributed by atoms with Crippen LogP contribution >= 0.6 is 0 Å². The first-order valence-corrected chi connectivity index (χ1v) is 11.4. The van der Waals surface area contributed by atoms with E-state index >= 15 is 0 Å². The van der Waals surface area contributed by atoms with Crippen LogP contribution < -0.4 is 5.32 Å². The Kier molecular flexibility index (Phi) is 5.10. The number of amides is 2. The summed E-state index contributed by atoms with van der Waals surface area (Å²) in [5, 5.41) is 3.24. The summed E-state index contributed by atoms with van der Waals surface area (Å²) in [6.45, 7) is 0.662. The predicted molar refractivity (Wildman–Crippen MR) is 117 cm³/mol. The highest BCUT2D eigenvalue weighted by Crippen LogP contribution is 2.47. The van der Waals surface area contributed by atoms with E-state index in [0.717, 1.165) is 38.5 Å². The first-order valence-electron chi connectivity index (χ1n) is 11.4. The molecule has 2 saturated carbocycles. The summed E-state index contributed by atoms with van der Waals surface area (Å²) >= 11 is 0. The lowest BCUT2D eigenvalue weighted by Gasteiger charge is -2.34. The highest BCUT2D eigenvalue weighted by atomic mass is 16.2. The van der Waals surface area contributed by atoms with E-state index in [1.54, 1.807) is 0 Å². The van der Waals surface area contributed by atoms with Crippen LogP contribution in [0.25, 0.3) is 0 Å². The number of carbonyl (C=O) groups excluding carboxylic acids is 2. The molecule has 3 fully saturated rings. The molecule has 0 radical (unpaired) electrons. The Balaban J connectivity index is 1.33. The standard InChI is InChI=1S/C26H30N2O2/c29-24(27-18-26(15-16-26)21-12-5-2-6-13-21)23-17-20-11-7-8-14-22(20)28(23)25(30)19-9-3-1-4-10-19/h1-6,9-10,12-13,20,22-23H,7-8,11,14-18H2,(H,27,29). The van der Waals surface area contributed by atoms with Crippen molar-refractivity contribution in [3.8, 4) is 0 Å². The lowest BCUT2D eigenvalue weighted by atomic mass is 9.84. The number of benzene rings is 2. The Hall–Kier alpha value is -2.62. The van der Waals surface area contributed by atoms with Crippen LogP contribution in [0.15, 0.2) is 60.7 Å². The molecule has 0 aromatic heterocycles. The molecule has 3 atom stereocenters. The summed E-state index contributed by atoms with van der Waals surface area (Å²) in [4.78, 5) is 28.7. The summed E-state index contributed by atoms with van der Waals surface area (Å²) < 4.78 is 0. The molecule has 2 amide bonds. The Morgan fingerprint density at radius 2 is 1.60 bits per heavy atom. The lowest BCUT2D eigenvalue weighted by molar-refractivity contribution is -0.125. The minimum atomic E-state index is -0.350. The third-order valence-electron chi connectivity index (χ3n) is 7.49. The van der Waals surface area contributed by atoms with E-state index in [4.69, 9.17) is 0 Å². The number of fused-ring (bicyclic) bond motifs is 1. The summed E-state index contributed by atoms with van der Waals surface area (Å²) in [7, 11) is 0. The molecule has 0 bridgehead atoms. The molecule has 2 aliphatic carbocycles. The molecule has 2 aromatic rings. The van der Waals surface area contributed by atoms with Crippen molar-refractivity contribution in [1.29, 1.82) is 0 Å². The van der Waals surface area contributed by atoms with Crippen LogP contribution in [0.3, 0.4) is 0 Å². The topological polar surface area (TPSA) is 49.4 Å². The quantitative estimate of drug-likeness (QED) is 0.810. The maximum Gasteiger partial charge on any atom is 0.254 e. The van der Waals surface area contributed by atoms with Gasteiger partial charge in [0.1, 0.15) is 6.04 Å². The first-order chi connectivity index (χ1) is 14.7. The van der Waals surface area contributed by atoms with Crippen LogP contribution in [0.2, 0.25) is 0 Å². The van der Waals surface area contributed by atoms with Crippen LogP contribution in [0.4, 0.5) is 0 Å². The van der Waals surface area contributed by atoms with E-state index in [2.05, 4.69) is 29.6 Å². The van der Waals surface area contributed by atoms with E-state index in [-0.39, 0.29) is 29.3 Å². The van der Waals surface area contributed by atoms with Crippen molar-refractivity contribution < 1.29 is 9.59 Å². The molecule has 4 nitrogen and oxygen atoms in total. The van der Waals surface area contributed by atoms with Gasteiger partial charge in [0.2, 0.25) is 5.91 Å². The fourth-order valence-corrected chi connectivity index (χ4v) is 5.60. The van der Waals surface area contributed by atoms with Gasteiger partial charge in [0, 0.05) is 23.6 Å². The Morgan fingerprint density at radius 1 is 0.933 bits per heavy atom. The average Bonchev–Trinajstić information content (AvgIpc) is 3.50. The molecule has 5 rings (SSSR count). The zero-order chi connectivity index (χ0) is 20.6. The van der Waals surface area contributed by atoms with Crippen LogP contribution in [0.1, 0.15) is 60.9 Å². The van der Waals surface area contributed by atoms with Crippen molar-refractivity contribution in [1.82, 2.24) is 10.2 Å². The summed E-state index contributed by atoms with van der Waals surface area (Å²) in [5.41, 5.74) is 2.07. The van der Waals surface area contributed by atoms with Crippen LogP contribution in [0, 0.1) is 5.92 Å². The second-order valence-corrected chi connectivity index (χ2v) is 9.31. The number of likely N-dealkylation sites (tertiary alicyclic amines) is 1. The van der Waals surface area contributed by atoms with Gasteiger partial charge in [-0.15, -0.1) is 0 Å². The van der Waals surface area contributed by atoms with Crippen molar-refractivity contribution in [3.63, 3.8) is 0 Å². The monoisotopic (exact) mass is 402 g/mol. The van der Waals surface area contributed by atoms with Gasteiger partial charge in [0.15, 0.2) is 0 Å². The number of rotatable bonds is 5. The number of hydrogen-bond acceptors (Lipinski definition) is 2. The Morgan fingerprint density at radius 3 is 2.30 bits per heavy atom. The second-order valence-electron chi connectivity index (χ2n) is 9.31. The molecule has 1 saturated heterocycles. The van der Waals surface area contributed by atoms with Gasteiger partial charge in [-0.2, -0.15) is 0 Å². The molecule has 3 unspecified atom stereocenters. The van der Waals surface area contributed by atoms with E-state index < -0.39 is 0 Å². The van der Waals surface area contributed by atoms with Crippen LogP contribution in [-0.2, 0) is 10.2 Å². The molecule has 30 heavy (non-hydrogen) atoms. The SMILES string of the molecule is O=C(NCC1(c2ccccc2)CC1)C1CC2CCCCC2N1C(=O)c1ccccc1. The number of nitrogens with zero attached hydrogens (tertiary/aromatic N) is 1. The number of carbonyl (C=O) groups is 2. The van der Waals surface area contributed by atoms with Crippen molar-refractivity contribution >= 4 is 11.8 Å². The van der Waals surface area contributed by atoms with E-state index in [0.29, 0.717) is 18.0 Å². The van der Waals surface area contributed by atoms with Gasteiger partial charge in [0.05, 0.1) is 0 Å². The van der Waals surface area contributed by atoms with Gasteiger partial charge in [-0.25, -0.2) is 0 Å². The zero-order valence-electron chi connectivity index (χ0n) is 17.4. The fourth-order valence-electron chi connectivity index (χ4n) is 5.60. The van der Waals surface area contributed by atoms with Crippen LogP contribution in [0.5, 0.6) is 0 Å². The molecular formula is C26H30N2O2. The molecular weight excluding hydrogens is 372 g/mol. The van der Waals surface area contributed by atoms with Gasteiger partial charge < -0.3 is 10.2 Å². The molecule has 4 heteroatoms. The van der Waals surface area contributed by atoms with Gasteiger partial charge in [-0.05, 0) is 55.7 Å². The highest BCUT2D eigenvalue weighted by molar-refractivity contribution is 5.98. The summed E-state index contributed by atoms with van der Waals surface area (Å²) in [6.07, 6.45) is 7.51. The van der Waals surface area contributed by atoms with E-state index in [1.165, 1.54) is 12.0 Å². The molecule has 1 N–H and O–H groups in total. The third-order valence-corrected chi connectivity index (χ3v) is 7.49. The lowest BCUT2D eigenvalue weighted by Crippen LogP contribution is -2.50. The summed E-state index contributed by atoms with van der Waals surface area (Å²) in [6, 6.07) is 19.8. The van der Waals surface area contributed by atoms with Crippen molar-refractivity contribution in [3.05, 3.63) is 71.8 Å². The normalized spacial score (nSPS) is 26.7. The average molecular weight is 403 g/mol. The summed E-state index contributed by atoms with van der Waals surface area (Å²) in [5.74, 6) is 0.483. The molecule has 2 aromatic carbocycles. The fraction of sp³-hybridized carbons (Fsp3) is 0.462. The third kappa shape index (κ3) is 3.53. The molecule has 1 heterocycles. The molecule has 156 valence electrons. The maximum atomic E-state index is 13.4. The highest BCUT2D eigenvalue weighted by Gasteiger charge is 2.49. The van der Waals surface area contributed by atoms with Crippen molar-refractivity contribution in [2.24, 2.45) is 5.92 Å². The second kappa shape index (κ2) is 7.90. The molecule has 3 aliphatic rings. The smallest absolute Gasteiger partial charge is 0.254 e. The van der Waals surface area contributed by atoms with Gasteiger partial charge in [-0.3, -0.25) is 9.59 Å². The minimum Gasteiger partial charge on any atom is -0.353 e.